The van der Waals surface area contributed by atoms with Crippen LogP contribution in [0.5, 0.6) is 0 Å². The molecule has 1 aromatic carbocycles. The minimum absolute atomic E-state index is 0.00724. The summed E-state index contributed by atoms with van der Waals surface area (Å²) in [6.45, 7) is 6.34. The van der Waals surface area contributed by atoms with Crippen molar-refractivity contribution in [1.29, 1.82) is 0 Å². The number of amides is 2. The van der Waals surface area contributed by atoms with Crippen LogP contribution < -0.4 is 4.90 Å². The molecule has 1 aliphatic rings. The Hall–Kier alpha value is -3.46. The van der Waals surface area contributed by atoms with Crippen molar-refractivity contribution in [3.05, 3.63) is 64.8 Å². The smallest absolute Gasteiger partial charge is 0.276 e. The maximum absolute atomic E-state index is 13.8. The summed E-state index contributed by atoms with van der Waals surface area (Å²) in [5.41, 5.74) is 4.06. The van der Waals surface area contributed by atoms with E-state index in [-0.39, 0.29) is 11.8 Å². The summed E-state index contributed by atoms with van der Waals surface area (Å²) in [4.78, 5) is 32.4. The number of aryl methyl sites for hydroxylation is 1. The summed E-state index contributed by atoms with van der Waals surface area (Å²) < 4.78 is 7.31. The second-order valence-corrected chi connectivity index (χ2v) is 10.1. The van der Waals surface area contributed by atoms with Crippen molar-refractivity contribution >= 4 is 17.5 Å². The highest BCUT2D eigenvalue weighted by molar-refractivity contribution is 5.95. The van der Waals surface area contributed by atoms with Gasteiger partial charge in [-0.2, -0.15) is 5.10 Å². The molecule has 0 fully saturated rings. The van der Waals surface area contributed by atoms with Gasteiger partial charge < -0.3 is 19.2 Å². The standard InChI is InChI=1S/C28H38N6O3/c1-21-25(20-31(3)4)27(30-37-21)28(36)32-14-8-6-5-7-9-16-34(22(2)35)26-17-23(11-12-24(26)19-32)18-33-15-10-13-29-33/h10-13,15,17H,5-9,14,16,18-20H2,1-4H3. The van der Waals surface area contributed by atoms with Crippen molar-refractivity contribution in [3.8, 4) is 0 Å². The van der Waals surface area contributed by atoms with Crippen LogP contribution >= 0.6 is 0 Å². The van der Waals surface area contributed by atoms with Gasteiger partial charge in [-0.1, -0.05) is 36.6 Å². The molecule has 0 atom stereocenters. The van der Waals surface area contributed by atoms with Gasteiger partial charge in [0.2, 0.25) is 5.91 Å². The molecule has 0 radical (unpaired) electrons. The van der Waals surface area contributed by atoms with E-state index in [1.165, 1.54) is 0 Å². The number of benzene rings is 1. The van der Waals surface area contributed by atoms with Crippen LogP contribution in [-0.2, 0) is 24.4 Å². The van der Waals surface area contributed by atoms with E-state index in [4.69, 9.17) is 4.52 Å². The highest BCUT2D eigenvalue weighted by atomic mass is 16.5. The van der Waals surface area contributed by atoms with E-state index in [2.05, 4.69) is 22.4 Å². The van der Waals surface area contributed by atoms with Crippen LogP contribution in [0.1, 0.15) is 72.0 Å². The van der Waals surface area contributed by atoms with Crippen molar-refractivity contribution < 1.29 is 14.1 Å². The summed E-state index contributed by atoms with van der Waals surface area (Å²) in [7, 11) is 3.93. The van der Waals surface area contributed by atoms with Crippen LogP contribution in [0.2, 0.25) is 0 Å². The number of hydrogen-bond donors (Lipinski definition) is 0. The Morgan fingerprint density at radius 2 is 1.84 bits per heavy atom. The first-order valence-corrected chi connectivity index (χ1v) is 13.1. The molecule has 198 valence electrons. The Bertz CT molecular complexity index is 1200. The first kappa shape index (κ1) is 26.6. The normalized spacial score (nSPS) is 15.3. The molecular weight excluding hydrogens is 468 g/mol. The fraction of sp³-hybridized carbons (Fsp3) is 0.500. The van der Waals surface area contributed by atoms with Crippen LogP contribution in [0.25, 0.3) is 0 Å². The Morgan fingerprint density at radius 3 is 2.54 bits per heavy atom. The summed E-state index contributed by atoms with van der Waals surface area (Å²) in [5, 5.41) is 8.49. The fourth-order valence-corrected chi connectivity index (χ4v) is 4.89. The SMILES string of the molecule is CC(=O)N1CCCCCCCN(C(=O)c2noc(C)c2CN(C)C)Cc2ccc(Cn3cccn3)cc21. The highest BCUT2D eigenvalue weighted by Crippen LogP contribution is 2.28. The predicted octanol–water partition coefficient (Wildman–Crippen LogP) is 4.25. The summed E-state index contributed by atoms with van der Waals surface area (Å²) in [5.74, 6) is 0.539. The third-order valence-corrected chi connectivity index (χ3v) is 6.84. The molecule has 0 N–H and O–H groups in total. The number of carbonyl (C=O) groups excluding carboxylic acids is 2. The van der Waals surface area contributed by atoms with Gasteiger partial charge in [0, 0.05) is 56.7 Å². The van der Waals surface area contributed by atoms with E-state index in [0.29, 0.717) is 44.2 Å². The topological polar surface area (TPSA) is 87.7 Å². The third kappa shape index (κ3) is 6.65. The number of aromatic nitrogens is 3. The molecule has 9 nitrogen and oxygen atoms in total. The lowest BCUT2D eigenvalue weighted by atomic mass is 10.0. The van der Waals surface area contributed by atoms with Crippen molar-refractivity contribution in [3.63, 3.8) is 0 Å². The van der Waals surface area contributed by atoms with Crippen molar-refractivity contribution in [2.45, 2.75) is 65.6 Å². The molecule has 3 heterocycles. The first-order chi connectivity index (χ1) is 17.8. The second-order valence-electron chi connectivity index (χ2n) is 10.1. The van der Waals surface area contributed by atoms with E-state index in [1.54, 1.807) is 13.1 Å². The molecule has 2 amide bonds. The van der Waals surface area contributed by atoms with E-state index >= 15 is 0 Å². The van der Waals surface area contributed by atoms with E-state index < -0.39 is 0 Å². The fourth-order valence-electron chi connectivity index (χ4n) is 4.89. The number of fused-ring (bicyclic) bond motifs is 1. The average molecular weight is 507 g/mol. The van der Waals surface area contributed by atoms with Gasteiger partial charge in [0.25, 0.3) is 5.91 Å². The number of nitrogens with zero attached hydrogens (tertiary/aromatic N) is 6. The Morgan fingerprint density at radius 1 is 1.08 bits per heavy atom. The molecule has 0 saturated carbocycles. The maximum Gasteiger partial charge on any atom is 0.276 e. The molecule has 0 bridgehead atoms. The molecule has 37 heavy (non-hydrogen) atoms. The lowest BCUT2D eigenvalue weighted by molar-refractivity contribution is -0.116. The highest BCUT2D eigenvalue weighted by Gasteiger charge is 2.27. The van der Waals surface area contributed by atoms with Gasteiger partial charge in [-0.05, 0) is 57.1 Å². The molecule has 4 rings (SSSR count). The largest absolute Gasteiger partial charge is 0.361 e. The van der Waals surface area contributed by atoms with E-state index in [0.717, 1.165) is 54.5 Å². The summed E-state index contributed by atoms with van der Waals surface area (Å²) in [6, 6.07) is 8.08. The van der Waals surface area contributed by atoms with Crippen molar-refractivity contribution in [2.75, 3.05) is 32.1 Å². The molecule has 0 unspecified atom stereocenters. The predicted molar refractivity (Wildman–Crippen MR) is 142 cm³/mol. The first-order valence-electron chi connectivity index (χ1n) is 13.1. The molecule has 0 saturated heterocycles. The number of hydrogen-bond acceptors (Lipinski definition) is 6. The van der Waals surface area contributed by atoms with Crippen LogP contribution in [-0.4, -0.2) is 63.7 Å². The van der Waals surface area contributed by atoms with Crippen LogP contribution in [0, 0.1) is 6.92 Å². The quantitative estimate of drug-likeness (QED) is 0.514. The number of rotatable bonds is 5. The van der Waals surface area contributed by atoms with Gasteiger partial charge in [-0.15, -0.1) is 0 Å². The minimum Gasteiger partial charge on any atom is -0.361 e. The molecule has 2 aromatic heterocycles. The third-order valence-electron chi connectivity index (χ3n) is 6.84. The molecule has 3 aromatic rings. The van der Waals surface area contributed by atoms with E-state index in [9.17, 15) is 9.59 Å². The van der Waals surface area contributed by atoms with Gasteiger partial charge in [0.15, 0.2) is 5.69 Å². The second kappa shape index (κ2) is 12.2. The Kier molecular flexibility index (Phi) is 8.76. The molecule has 0 spiro atoms. The van der Waals surface area contributed by atoms with Crippen molar-refractivity contribution in [1.82, 2.24) is 24.7 Å². The summed E-state index contributed by atoms with van der Waals surface area (Å²) in [6.07, 6.45) is 8.74. The van der Waals surface area contributed by atoms with Crippen LogP contribution in [0.3, 0.4) is 0 Å². The van der Waals surface area contributed by atoms with Gasteiger partial charge in [0.1, 0.15) is 5.76 Å². The molecule has 1 aliphatic heterocycles. The Balaban J connectivity index is 1.71. The molecular formula is C28H38N6O3. The lowest BCUT2D eigenvalue weighted by Gasteiger charge is -2.29. The maximum atomic E-state index is 13.8. The zero-order chi connectivity index (χ0) is 26.4. The van der Waals surface area contributed by atoms with Crippen LogP contribution in [0.4, 0.5) is 5.69 Å². The van der Waals surface area contributed by atoms with Gasteiger partial charge in [0.05, 0.1) is 6.54 Å². The van der Waals surface area contributed by atoms with Gasteiger partial charge in [-0.3, -0.25) is 14.3 Å². The zero-order valence-corrected chi connectivity index (χ0v) is 22.4. The summed E-state index contributed by atoms with van der Waals surface area (Å²) >= 11 is 0. The average Bonchev–Trinajstić information content (AvgIpc) is 3.49. The van der Waals surface area contributed by atoms with E-state index in [1.807, 2.05) is 58.7 Å². The molecule has 0 aliphatic carbocycles. The van der Waals surface area contributed by atoms with Gasteiger partial charge >= 0.3 is 0 Å². The van der Waals surface area contributed by atoms with Gasteiger partial charge in [-0.25, -0.2) is 0 Å². The molecule has 9 heteroatoms. The van der Waals surface area contributed by atoms with Crippen molar-refractivity contribution in [2.24, 2.45) is 0 Å². The monoisotopic (exact) mass is 506 g/mol. The Labute approximate surface area is 219 Å². The zero-order valence-electron chi connectivity index (χ0n) is 22.4. The van der Waals surface area contributed by atoms with Crippen LogP contribution in [0.15, 0.2) is 41.2 Å². The lowest BCUT2D eigenvalue weighted by Crippen LogP contribution is -2.35. The minimum atomic E-state index is -0.133. The number of carbonyl (C=O) groups is 2. The number of anilines is 1.